The molecule has 0 aliphatic rings. The van der Waals surface area contributed by atoms with Crippen molar-refractivity contribution in [2.24, 2.45) is 0 Å². The van der Waals surface area contributed by atoms with Gasteiger partial charge in [0.1, 0.15) is 0 Å². The molecule has 0 aromatic carbocycles. The third-order valence-corrected chi connectivity index (χ3v) is 3.11. The van der Waals surface area contributed by atoms with Crippen molar-refractivity contribution in [2.75, 3.05) is 0 Å². The molecule has 2 rings (SSSR count). The standard InChI is InChI=1S/C10H11N3O2S/c1-7(6-9(14)15)16-10-12-11-8-4-2-3-5-13(8)10/h2-5,7H,6H2,1H3,(H,14,15). The van der Waals surface area contributed by atoms with Crippen LogP contribution in [0.25, 0.3) is 5.65 Å². The number of nitrogens with zero attached hydrogens (tertiary/aromatic N) is 3. The molecule has 1 N–H and O–H groups in total. The molecule has 2 aromatic heterocycles. The fraction of sp³-hybridized carbons (Fsp3) is 0.300. The largest absolute Gasteiger partial charge is 0.481 e. The minimum Gasteiger partial charge on any atom is -0.481 e. The van der Waals surface area contributed by atoms with E-state index in [1.54, 1.807) is 0 Å². The first-order valence-corrected chi connectivity index (χ1v) is 5.73. The zero-order valence-corrected chi connectivity index (χ0v) is 9.52. The summed E-state index contributed by atoms with van der Waals surface area (Å²) in [6.45, 7) is 1.86. The minimum absolute atomic E-state index is 0.0230. The second-order valence-electron chi connectivity index (χ2n) is 3.44. The van der Waals surface area contributed by atoms with Crippen LogP contribution in [0.1, 0.15) is 13.3 Å². The molecule has 84 valence electrons. The van der Waals surface area contributed by atoms with Crippen molar-refractivity contribution in [3.8, 4) is 0 Å². The number of pyridine rings is 1. The van der Waals surface area contributed by atoms with Gasteiger partial charge in [-0.15, -0.1) is 10.2 Å². The van der Waals surface area contributed by atoms with E-state index in [1.165, 1.54) is 11.8 Å². The van der Waals surface area contributed by atoms with Crippen molar-refractivity contribution in [1.82, 2.24) is 14.6 Å². The van der Waals surface area contributed by atoms with E-state index in [2.05, 4.69) is 10.2 Å². The Morgan fingerprint density at radius 2 is 2.38 bits per heavy atom. The van der Waals surface area contributed by atoms with Crippen molar-refractivity contribution in [3.63, 3.8) is 0 Å². The molecule has 0 amide bonds. The summed E-state index contributed by atoms with van der Waals surface area (Å²) >= 11 is 1.42. The Morgan fingerprint density at radius 3 is 3.12 bits per heavy atom. The third-order valence-electron chi connectivity index (χ3n) is 2.05. The smallest absolute Gasteiger partial charge is 0.304 e. The Morgan fingerprint density at radius 1 is 1.56 bits per heavy atom. The fourth-order valence-electron chi connectivity index (χ4n) is 1.37. The molecule has 1 atom stereocenters. The molecule has 0 spiro atoms. The molecule has 0 aliphatic carbocycles. The van der Waals surface area contributed by atoms with Crippen LogP contribution in [0, 0.1) is 0 Å². The van der Waals surface area contributed by atoms with Gasteiger partial charge < -0.3 is 5.11 Å². The van der Waals surface area contributed by atoms with Crippen LogP contribution in [-0.2, 0) is 4.79 Å². The molecular formula is C10H11N3O2S. The molecule has 2 heterocycles. The van der Waals surface area contributed by atoms with Crippen molar-refractivity contribution in [3.05, 3.63) is 24.4 Å². The second-order valence-corrected chi connectivity index (χ2v) is 4.84. The van der Waals surface area contributed by atoms with Crippen LogP contribution in [0.3, 0.4) is 0 Å². The van der Waals surface area contributed by atoms with Gasteiger partial charge >= 0.3 is 5.97 Å². The van der Waals surface area contributed by atoms with Gasteiger partial charge in [-0.25, -0.2) is 0 Å². The molecule has 0 fully saturated rings. The van der Waals surface area contributed by atoms with Crippen LogP contribution in [0.4, 0.5) is 0 Å². The van der Waals surface area contributed by atoms with Gasteiger partial charge in [0, 0.05) is 11.4 Å². The van der Waals surface area contributed by atoms with E-state index >= 15 is 0 Å². The lowest BCUT2D eigenvalue weighted by Gasteiger charge is -2.05. The van der Waals surface area contributed by atoms with Gasteiger partial charge in [-0.2, -0.15) is 0 Å². The molecule has 0 saturated carbocycles. The van der Waals surface area contributed by atoms with Gasteiger partial charge in [0.2, 0.25) is 0 Å². The molecule has 2 aromatic rings. The lowest BCUT2D eigenvalue weighted by Crippen LogP contribution is -2.06. The minimum atomic E-state index is -0.797. The Kier molecular flexibility index (Phi) is 3.09. The van der Waals surface area contributed by atoms with Gasteiger partial charge in [0.05, 0.1) is 6.42 Å². The van der Waals surface area contributed by atoms with Gasteiger partial charge in [-0.1, -0.05) is 24.8 Å². The maximum atomic E-state index is 10.5. The summed E-state index contributed by atoms with van der Waals surface area (Å²) < 4.78 is 1.85. The van der Waals surface area contributed by atoms with Crippen LogP contribution < -0.4 is 0 Å². The summed E-state index contributed by atoms with van der Waals surface area (Å²) in [6.07, 6.45) is 1.98. The van der Waals surface area contributed by atoms with Crippen LogP contribution in [0.15, 0.2) is 29.6 Å². The molecule has 0 aliphatic heterocycles. The van der Waals surface area contributed by atoms with Crippen LogP contribution in [0.2, 0.25) is 0 Å². The van der Waals surface area contributed by atoms with Gasteiger partial charge in [-0.3, -0.25) is 9.20 Å². The summed E-state index contributed by atoms with van der Waals surface area (Å²) in [6, 6.07) is 5.64. The van der Waals surface area contributed by atoms with E-state index in [0.29, 0.717) is 0 Å². The highest BCUT2D eigenvalue weighted by Crippen LogP contribution is 2.23. The molecular weight excluding hydrogens is 226 g/mol. The highest BCUT2D eigenvalue weighted by atomic mass is 32.2. The molecule has 0 saturated heterocycles. The fourth-order valence-corrected chi connectivity index (χ4v) is 2.31. The first-order chi connectivity index (χ1) is 7.66. The van der Waals surface area contributed by atoms with E-state index in [-0.39, 0.29) is 11.7 Å². The monoisotopic (exact) mass is 237 g/mol. The number of aliphatic carboxylic acids is 1. The van der Waals surface area contributed by atoms with Crippen LogP contribution >= 0.6 is 11.8 Å². The van der Waals surface area contributed by atoms with E-state index < -0.39 is 5.97 Å². The van der Waals surface area contributed by atoms with Gasteiger partial charge in [0.25, 0.3) is 0 Å². The van der Waals surface area contributed by atoms with Crippen LogP contribution in [0.5, 0.6) is 0 Å². The highest BCUT2D eigenvalue weighted by Gasteiger charge is 2.13. The molecule has 0 bridgehead atoms. The number of hydrogen-bond acceptors (Lipinski definition) is 4. The first kappa shape index (κ1) is 10.9. The number of hydrogen-bond donors (Lipinski definition) is 1. The lowest BCUT2D eigenvalue weighted by atomic mass is 10.3. The topological polar surface area (TPSA) is 67.5 Å². The second kappa shape index (κ2) is 4.52. The number of thioether (sulfide) groups is 1. The van der Waals surface area contributed by atoms with E-state index in [4.69, 9.17) is 5.11 Å². The summed E-state index contributed by atoms with van der Waals surface area (Å²) in [7, 11) is 0. The number of carbonyl (C=O) groups is 1. The Labute approximate surface area is 96.5 Å². The zero-order valence-electron chi connectivity index (χ0n) is 8.70. The Hall–Kier alpha value is -1.56. The molecule has 16 heavy (non-hydrogen) atoms. The number of carboxylic acids is 1. The van der Waals surface area contributed by atoms with Crippen molar-refractivity contribution >= 4 is 23.4 Å². The quantitative estimate of drug-likeness (QED) is 0.819. The normalized spacial score (nSPS) is 12.8. The average molecular weight is 237 g/mol. The van der Waals surface area contributed by atoms with E-state index in [1.807, 2.05) is 35.7 Å². The van der Waals surface area contributed by atoms with Crippen molar-refractivity contribution in [1.29, 1.82) is 0 Å². The van der Waals surface area contributed by atoms with Gasteiger partial charge in [-0.05, 0) is 12.1 Å². The predicted molar refractivity (Wildman–Crippen MR) is 60.6 cm³/mol. The molecule has 5 nitrogen and oxygen atoms in total. The van der Waals surface area contributed by atoms with E-state index in [0.717, 1.165) is 10.8 Å². The number of carboxylic acid groups (broad SMARTS) is 1. The van der Waals surface area contributed by atoms with E-state index in [9.17, 15) is 4.79 Å². The Bertz CT molecular complexity index is 511. The van der Waals surface area contributed by atoms with Crippen molar-refractivity contribution in [2.45, 2.75) is 23.8 Å². The predicted octanol–water partition coefficient (Wildman–Crippen LogP) is 1.68. The zero-order chi connectivity index (χ0) is 11.5. The maximum Gasteiger partial charge on any atom is 0.304 e. The third kappa shape index (κ3) is 2.33. The average Bonchev–Trinajstić information content (AvgIpc) is 2.61. The van der Waals surface area contributed by atoms with Crippen molar-refractivity contribution < 1.29 is 9.90 Å². The molecule has 1 unspecified atom stereocenters. The number of rotatable bonds is 4. The number of fused-ring (bicyclic) bond motifs is 1. The summed E-state index contributed by atoms with van der Waals surface area (Å²) in [4.78, 5) is 10.5. The molecule has 0 radical (unpaired) electrons. The Balaban J connectivity index is 2.18. The first-order valence-electron chi connectivity index (χ1n) is 4.85. The van der Waals surface area contributed by atoms with Crippen LogP contribution in [-0.4, -0.2) is 30.9 Å². The summed E-state index contributed by atoms with van der Waals surface area (Å²) in [5.74, 6) is -0.797. The van der Waals surface area contributed by atoms with Gasteiger partial charge in [0.15, 0.2) is 10.8 Å². The maximum absolute atomic E-state index is 10.5. The number of aromatic nitrogens is 3. The summed E-state index contributed by atoms with van der Waals surface area (Å²) in [5, 5.41) is 17.4. The molecule has 6 heteroatoms. The lowest BCUT2D eigenvalue weighted by molar-refractivity contribution is -0.136. The SMILES string of the molecule is CC(CC(=O)O)Sc1nnc2ccccn12. The highest BCUT2D eigenvalue weighted by molar-refractivity contribution is 7.99. The summed E-state index contributed by atoms with van der Waals surface area (Å²) in [5.41, 5.74) is 0.771.